The van der Waals surface area contributed by atoms with Gasteiger partial charge in [-0.25, -0.2) is 17.8 Å². The molecule has 0 aliphatic rings. The van der Waals surface area contributed by atoms with Crippen LogP contribution in [0.2, 0.25) is 0 Å². The van der Waals surface area contributed by atoms with E-state index in [0.29, 0.717) is 6.42 Å². The highest BCUT2D eigenvalue weighted by atomic mass is 32.2. The summed E-state index contributed by atoms with van der Waals surface area (Å²) in [5.74, 6) is -2.70. The summed E-state index contributed by atoms with van der Waals surface area (Å²) in [5, 5.41) is 1.07. The van der Waals surface area contributed by atoms with Crippen LogP contribution in [-0.2, 0) is 27.4 Å². The van der Waals surface area contributed by atoms with Gasteiger partial charge < -0.3 is 15.8 Å². The molecule has 0 spiro atoms. The van der Waals surface area contributed by atoms with Gasteiger partial charge in [0.2, 0.25) is 11.8 Å². The number of sulfone groups is 1. The van der Waals surface area contributed by atoms with E-state index in [2.05, 4.69) is 10.3 Å². The second-order valence-corrected chi connectivity index (χ2v) is 10.4. The van der Waals surface area contributed by atoms with Gasteiger partial charge in [0.1, 0.15) is 16.9 Å². The third kappa shape index (κ3) is 7.38. The largest absolute Gasteiger partial charge is 0.477 e. The molecule has 2 aromatic rings. The minimum atomic E-state index is -4.64. The van der Waals surface area contributed by atoms with Crippen LogP contribution in [0.4, 0.5) is 17.6 Å². The van der Waals surface area contributed by atoms with Crippen molar-refractivity contribution in [2.75, 3.05) is 12.4 Å². The summed E-state index contributed by atoms with van der Waals surface area (Å²) < 4.78 is 83.0. The first-order valence-corrected chi connectivity index (χ1v) is 12.8. The summed E-state index contributed by atoms with van der Waals surface area (Å²) in [6.07, 6.45) is -3.26. The highest BCUT2D eigenvalue weighted by molar-refractivity contribution is 7.91. The molecule has 0 bridgehead atoms. The van der Waals surface area contributed by atoms with Crippen LogP contribution in [-0.4, -0.2) is 31.7 Å². The van der Waals surface area contributed by atoms with Crippen LogP contribution in [0.25, 0.3) is 0 Å². The minimum Gasteiger partial charge on any atom is -0.477 e. The van der Waals surface area contributed by atoms with Crippen molar-refractivity contribution in [2.45, 2.75) is 57.6 Å². The molecule has 1 aromatic carbocycles. The van der Waals surface area contributed by atoms with Crippen molar-refractivity contribution in [1.82, 2.24) is 10.3 Å². The number of carbonyl (C=O) groups excluding carboxylic acids is 1. The number of rotatable bonds is 11. The minimum absolute atomic E-state index is 0.157. The summed E-state index contributed by atoms with van der Waals surface area (Å²) in [4.78, 5) is 16.2. The van der Waals surface area contributed by atoms with Gasteiger partial charge in [-0.1, -0.05) is 32.4 Å². The van der Waals surface area contributed by atoms with Crippen molar-refractivity contribution in [3.8, 4) is 5.88 Å². The number of amides is 1. The molecule has 0 aliphatic heterocycles. The first-order valence-electron chi connectivity index (χ1n) is 11.1. The molecule has 0 aliphatic carbocycles. The summed E-state index contributed by atoms with van der Waals surface area (Å²) in [5.41, 5.74) is 4.91. The summed E-state index contributed by atoms with van der Waals surface area (Å²) in [6.45, 7) is 4.83. The second-order valence-electron chi connectivity index (χ2n) is 7.95. The number of hydrogen-bond acceptors (Lipinski definition) is 6. The highest BCUT2D eigenvalue weighted by Crippen LogP contribution is 2.30. The average Bonchev–Trinajstić information content (AvgIpc) is 2.81. The number of nitrogens with zero attached hydrogens (tertiary/aromatic N) is 1. The lowest BCUT2D eigenvalue weighted by atomic mass is 9.98. The number of benzene rings is 1. The lowest BCUT2D eigenvalue weighted by Crippen LogP contribution is -2.28. The van der Waals surface area contributed by atoms with Crippen molar-refractivity contribution in [3.63, 3.8) is 0 Å². The van der Waals surface area contributed by atoms with Gasteiger partial charge in [-0.3, -0.25) is 4.79 Å². The normalized spacial score (nSPS) is 13.8. The smallest absolute Gasteiger partial charge is 0.433 e. The quantitative estimate of drug-likeness (QED) is 0.340. The molecule has 2 rings (SSSR count). The van der Waals surface area contributed by atoms with Crippen LogP contribution in [0.5, 0.6) is 5.88 Å². The monoisotopic (exact) mass is 519 g/mol. The Kier molecular flexibility index (Phi) is 9.61. The van der Waals surface area contributed by atoms with Crippen molar-refractivity contribution < 1.29 is 35.5 Å². The maximum atomic E-state index is 14.6. The number of ether oxygens (including phenoxy) is 1. The fourth-order valence-electron chi connectivity index (χ4n) is 3.10. The van der Waals surface area contributed by atoms with Gasteiger partial charge in [-0.05, 0) is 37.1 Å². The zero-order chi connectivity index (χ0) is 26.4. The molecule has 1 heterocycles. The molecular weight excluding hydrogens is 490 g/mol. The summed E-state index contributed by atoms with van der Waals surface area (Å²) in [7, 11) is -3.72. The van der Waals surface area contributed by atoms with E-state index in [9.17, 15) is 30.8 Å². The maximum Gasteiger partial charge on any atom is 0.433 e. The van der Waals surface area contributed by atoms with E-state index in [-0.39, 0.29) is 41.5 Å². The molecule has 0 radical (unpaired) electrons. The van der Waals surface area contributed by atoms with Crippen LogP contribution >= 0.6 is 0 Å². The standard InChI is InChI=1S/C23H29F4N3O4S/c1-4-6-11-34-22-16(8-10-19(30-22)23(25,26)27)13-29-21(31)14(3)15-7-9-17(18(24)12-15)20(28)35(32,33)5-2/h7-10,12,14,20H,4-6,11,13,28H2,1-3H3,(H,29,31). The number of unbranched alkanes of at least 4 members (excludes halogenated alkanes) is 1. The van der Waals surface area contributed by atoms with Crippen molar-refractivity contribution >= 4 is 15.7 Å². The van der Waals surface area contributed by atoms with E-state index in [0.717, 1.165) is 18.6 Å². The van der Waals surface area contributed by atoms with E-state index in [4.69, 9.17) is 10.5 Å². The number of alkyl halides is 3. The molecule has 2 unspecified atom stereocenters. The first kappa shape index (κ1) is 28.5. The Hall–Kier alpha value is -2.73. The molecule has 1 aromatic heterocycles. The van der Waals surface area contributed by atoms with E-state index >= 15 is 0 Å². The second kappa shape index (κ2) is 11.8. The Morgan fingerprint density at radius 1 is 1.20 bits per heavy atom. The topological polar surface area (TPSA) is 111 Å². The Bertz CT molecular complexity index is 1140. The molecule has 0 fully saturated rings. The predicted octanol–water partition coefficient (Wildman–Crippen LogP) is 4.23. The zero-order valence-electron chi connectivity index (χ0n) is 19.7. The molecule has 0 saturated heterocycles. The number of aromatic nitrogens is 1. The Morgan fingerprint density at radius 3 is 2.46 bits per heavy atom. The lowest BCUT2D eigenvalue weighted by Gasteiger charge is -2.17. The third-order valence-electron chi connectivity index (χ3n) is 5.43. The highest BCUT2D eigenvalue weighted by Gasteiger charge is 2.33. The van der Waals surface area contributed by atoms with Crippen molar-refractivity contribution in [2.24, 2.45) is 5.73 Å². The number of nitrogens with two attached hydrogens (primary N) is 1. The Morgan fingerprint density at radius 2 is 1.89 bits per heavy atom. The van der Waals surface area contributed by atoms with Crippen molar-refractivity contribution in [3.05, 3.63) is 58.5 Å². The fourth-order valence-corrected chi connectivity index (χ4v) is 4.04. The maximum absolute atomic E-state index is 14.6. The van der Waals surface area contributed by atoms with Crippen LogP contribution in [0.1, 0.15) is 67.3 Å². The SMILES string of the molecule is CCCCOc1nc(C(F)(F)F)ccc1CNC(=O)C(C)c1ccc(C(N)S(=O)(=O)CC)c(F)c1. The predicted molar refractivity (Wildman–Crippen MR) is 123 cm³/mol. The van der Waals surface area contributed by atoms with Gasteiger partial charge in [0, 0.05) is 23.4 Å². The first-order chi connectivity index (χ1) is 16.3. The van der Waals surface area contributed by atoms with Gasteiger partial charge in [0.25, 0.3) is 0 Å². The Labute approximate surface area is 202 Å². The van der Waals surface area contributed by atoms with E-state index in [1.807, 2.05) is 6.92 Å². The van der Waals surface area contributed by atoms with Crippen LogP contribution in [0, 0.1) is 5.82 Å². The molecule has 12 heteroatoms. The van der Waals surface area contributed by atoms with Crippen LogP contribution in [0.15, 0.2) is 30.3 Å². The van der Waals surface area contributed by atoms with E-state index < -0.39 is 44.7 Å². The molecule has 35 heavy (non-hydrogen) atoms. The zero-order valence-corrected chi connectivity index (χ0v) is 20.5. The van der Waals surface area contributed by atoms with Crippen LogP contribution < -0.4 is 15.8 Å². The van der Waals surface area contributed by atoms with Gasteiger partial charge >= 0.3 is 6.18 Å². The summed E-state index contributed by atoms with van der Waals surface area (Å²) in [6, 6.07) is 5.67. The average molecular weight is 520 g/mol. The van der Waals surface area contributed by atoms with Gasteiger partial charge in [0.05, 0.1) is 12.5 Å². The van der Waals surface area contributed by atoms with Crippen LogP contribution in [0.3, 0.4) is 0 Å². The molecular formula is C23H29F4N3O4S. The lowest BCUT2D eigenvalue weighted by molar-refractivity contribution is -0.141. The van der Waals surface area contributed by atoms with E-state index in [1.54, 1.807) is 0 Å². The van der Waals surface area contributed by atoms with E-state index in [1.165, 1.54) is 32.0 Å². The number of nitrogens with one attached hydrogen (secondary N) is 1. The molecule has 2 atom stereocenters. The molecule has 0 saturated carbocycles. The number of pyridine rings is 1. The van der Waals surface area contributed by atoms with Gasteiger partial charge in [-0.2, -0.15) is 13.2 Å². The molecule has 194 valence electrons. The van der Waals surface area contributed by atoms with Crippen molar-refractivity contribution in [1.29, 1.82) is 0 Å². The van der Waals surface area contributed by atoms with Gasteiger partial charge in [0.15, 0.2) is 9.84 Å². The number of halogens is 4. The molecule has 3 N–H and O–H groups in total. The third-order valence-corrected chi connectivity index (χ3v) is 7.27. The molecule has 1 amide bonds. The van der Waals surface area contributed by atoms with Gasteiger partial charge in [-0.15, -0.1) is 0 Å². The Balaban J connectivity index is 2.16. The number of carbonyl (C=O) groups is 1. The summed E-state index contributed by atoms with van der Waals surface area (Å²) >= 11 is 0. The number of hydrogen-bond donors (Lipinski definition) is 2. The fraction of sp³-hybridized carbons (Fsp3) is 0.478. The molecule has 7 nitrogen and oxygen atoms in total.